The minimum absolute atomic E-state index is 0.218. The smallest absolute Gasteiger partial charge is 0.255 e. The van der Waals surface area contributed by atoms with Crippen LogP contribution in [-0.4, -0.2) is 36.7 Å². The van der Waals surface area contributed by atoms with Crippen LogP contribution in [0.5, 0.6) is 0 Å². The van der Waals surface area contributed by atoms with Gasteiger partial charge in [-0.2, -0.15) is 4.31 Å². The fourth-order valence-electron chi connectivity index (χ4n) is 3.42. The van der Waals surface area contributed by atoms with Crippen LogP contribution in [0.25, 0.3) is 10.9 Å². The van der Waals surface area contributed by atoms with Crippen molar-refractivity contribution in [1.29, 1.82) is 0 Å². The van der Waals surface area contributed by atoms with Gasteiger partial charge in [-0.1, -0.05) is 6.07 Å². The summed E-state index contributed by atoms with van der Waals surface area (Å²) in [6.07, 6.45) is 1.78. The largest absolute Gasteiger partial charge is 0.321 e. The average Bonchev–Trinajstić information content (AvgIpc) is 3.24. The molecule has 0 aliphatic carbocycles. The zero-order chi connectivity index (χ0) is 19.7. The molecule has 1 aliphatic heterocycles. The summed E-state index contributed by atoms with van der Waals surface area (Å²) in [4.78, 5) is 17.3. The molecule has 144 valence electrons. The molecule has 0 atom stereocenters. The predicted molar refractivity (Wildman–Crippen MR) is 109 cm³/mol. The number of hydrogen-bond donors (Lipinski definition) is 1. The monoisotopic (exact) mass is 395 g/mol. The maximum absolute atomic E-state index is 12.7. The number of carbonyl (C=O) groups is 1. The molecule has 4 rings (SSSR count). The summed E-state index contributed by atoms with van der Waals surface area (Å²) >= 11 is 0. The predicted octanol–water partition coefficient (Wildman–Crippen LogP) is 3.58. The SMILES string of the molecule is Cc1ccc2c(NC(=O)c3ccc(S(=O)(=O)N4CCCC4)cc3)cccc2n1. The van der Waals surface area contributed by atoms with Crippen molar-refractivity contribution in [2.75, 3.05) is 18.4 Å². The number of sulfonamides is 1. The molecule has 2 aromatic carbocycles. The van der Waals surface area contributed by atoms with Gasteiger partial charge >= 0.3 is 0 Å². The van der Waals surface area contributed by atoms with Gasteiger partial charge in [-0.05, 0) is 68.3 Å². The number of pyridine rings is 1. The highest BCUT2D eigenvalue weighted by Gasteiger charge is 2.27. The lowest BCUT2D eigenvalue weighted by Gasteiger charge is -2.15. The molecular weight excluding hydrogens is 374 g/mol. The number of anilines is 1. The maximum Gasteiger partial charge on any atom is 0.255 e. The van der Waals surface area contributed by atoms with Crippen molar-refractivity contribution in [1.82, 2.24) is 9.29 Å². The topological polar surface area (TPSA) is 79.4 Å². The first kappa shape index (κ1) is 18.6. The fourth-order valence-corrected chi connectivity index (χ4v) is 4.93. The van der Waals surface area contributed by atoms with Crippen molar-refractivity contribution >= 4 is 32.5 Å². The van der Waals surface area contributed by atoms with Crippen LogP contribution in [0.2, 0.25) is 0 Å². The summed E-state index contributed by atoms with van der Waals surface area (Å²) in [5, 5.41) is 3.75. The van der Waals surface area contributed by atoms with Gasteiger partial charge in [-0.3, -0.25) is 9.78 Å². The molecule has 7 heteroatoms. The van der Waals surface area contributed by atoms with Gasteiger partial charge in [0.25, 0.3) is 5.91 Å². The van der Waals surface area contributed by atoms with Crippen molar-refractivity contribution in [2.24, 2.45) is 0 Å². The fraction of sp³-hybridized carbons (Fsp3) is 0.238. The van der Waals surface area contributed by atoms with Crippen LogP contribution >= 0.6 is 0 Å². The van der Waals surface area contributed by atoms with Crippen LogP contribution in [0.3, 0.4) is 0 Å². The molecule has 1 fully saturated rings. The number of hydrogen-bond acceptors (Lipinski definition) is 4. The number of fused-ring (bicyclic) bond motifs is 1. The summed E-state index contributed by atoms with van der Waals surface area (Å²) in [6.45, 7) is 3.03. The van der Waals surface area contributed by atoms with E-state index >= 15 is 0 Å². The standard InChI is InChI=1S/C21H21N3O3S/c1-15-7-12-18-19(22-15)5-4-6-20(18)23-21(25)16-8-10-17(11-9-16)28(26,27)24-13-2-3-14-24/h4-12H,2-3,13-14H2,1H3,(H,23,25). The molecular formula is C21H21N3O3S. The first-order valence-corrected chi connectivity index (χ1v) is 10.7. The van der Waals surface area contributed by atoms with Crippen LogP contribution in [0.1, 0.15) is 28.9 Å². The molecule has 1 aliphatic rings. The Bertz CT molecular complexity index is 1140. The van der Waals surface area contributed by atoms with E-state index in [0.29, 0.717) is 24.3 Å². The minimum atomic E-state index is -3.48. The quantitative estimate of drug-likeness (QED) is 0.732. The second kappa shape index (κ2) is 7.33. The second-order valence-corrected chi connectivity index (χ2v) is 8.85. The molecule has 0 bridgehead atoms. The Morgan fingerprint density at radius 2 is 1.71 bits per heavy atom. The zero-order valence-electron chi connectivity index (χ0n) is 15.6. The lowest BCUT2D eigenvalue weighted by atomic mass is 10.1. The summed E-state index contributed by atoms with van der Waals surface area (Å²) in [7, 11) is -3.48. The lowest BCUT2D eigenvalue weighted by molar-refractivity contribution is 0.102. The van der Waals surface area contributed by atoms with E-state index in [1.54, 1.807) is 12.1 Å². The lowest BCUT2D eigenvalue weighted by Crippen LogP contribution is -2.27. The van der Waals surface area contributed by atoms with E-state index in [9.17, 15) is 13.2 Å². The number of aromatic nitrogens is 1. The third kappa shape index (κ3) is 3.50. The average molecular weight is 395 g/mol. The minimum Gasteiger partial charge on any atom is -0.321 e. The van der Waals surface area contributed by atoms with Gasteiger partial charge in [0.2, 0.25) is 10.0 Å². The van der Waals surface area contributed by atoms with E-state index in [2.05, 4.69) is 10.3 Å². The normalized spacial score (nSPS) is 15.0. The highest BCUT2D eigenvalue weighted by Crippen LogP contribution is 2.24. The van der Waals surface area contributed by atoms with Crippen LogP contribution in [-0.2, 0) is 10.0 Å². The summed E-state index contributed by atoms with van der Waals surface area (Å²) in [5.41, 5.74) is 2.79. The maximum atomic E-state index is 12.7. The molecule has 2 heterocycles. The molecule has 6 nitrogen and oxygen atoms in total. The van der Waals surface area contributed by atoms with E-state index in [0.717, 1.165) is 29.4 Å². The van der Waals surface area contributed by atoms with Gasteiger partial charge in [0.1, 0.15) is 0 Å². The Morgan fingerprint density at radius 1 is 1.00 bits per heavy atom. The van der Waals surface area contributed by atoms with E-state index in [1.807, 2.05) is 37.3 Å². The third-order valence-electron chi connectivity index (χ3n) is 4.94. The van der Waals surface area contributed by atoms with Crippen molar-refractivity contribution < 1.29 is 13.2 Å². The Balaban J connectivity index is 1.56. The molecule has 1 N–H and O–H groups in total. The first-order valence-electron chi connectivity index (χ1n) is 9.23. The first-order chi connectivity index (χ1) is 13.4. The van der Waals surface area contributed by atoms with Crippen LogP contribution in [0, 0.1) is 6.92 Å². The third-order valence-corrected chi connectivity index (χ3v) is 6.85. The van der Waals surface area contributed by atoms with Gasteiger partial charge in [0.15, 0.2) is 0 Å². The molecule has 1 amide bonds. The van der Waals surface area contributed by atoms with Gasteiger partial charge in [0.05, 0.1) is 16.1 Å². The van der Waals surface area contributed by atoms with Gasteiger partial charge < -0.3 is 5.32 Å². The molecule has 0 saturated carbocycles. The molecule has 28 heavy (non-hydrogen) atoms. The molecule has 0 spiro atoms. The van der Waals surface area contributed by atoms with E-state index in [1.165, 1.54) is 16.4 Å². The van der Waals surface area contributed by atoms with E-state index in [4.69, 9.17) is 0 Å². The number of amides is 1. The molecule has 1 aromatic heterocycles. The molecule has 0 unspecified atom stereocenters. The highest BCUT2D eigenvalue weighted by molar-refractivity contribution is 7.89. The highest BCUT2D eigenvalue weighted by atomic mass is 32.2. The van der Waals surface area contributed by atoms with Crippen molar-refractivity contribution in [3.05, 3.63) is 65.9 Å². The Labute approximate surface area is 164 Å². The Hall–Kier alpha value is -2.77. The number of carbonyl (C=O) groups excluding carboxylic acids is 1. The van der Waals surface area contributed by atoms with E-state index < -0.39 is 10.0 Å². The molecule has 0 radical (unpaired) electrons. The van der Waals surface area contributed by atoms with Crippen LogP contribution in [0.4, 0.5) is 5.69 Å². The number of aryl methyl sites for hydroxylation is 1. The number of rotatable bonds is 4. The summed E-state index contributed by atoms with van der Waals surface area (Å²) in [5.74, 6) is -0.293. The zero-order valence-corrected chi connectivity index (χ0v) is 16.4. The van der Waals surface area contributed by atoms with Crippen LogP contribution < -0.4 is 5.32 Å². The van der Waals surface area contributed by atoms with Crippen molar-refractivity contribution in [3.8, 4) is 0 Å². The van der Waals surface area contributed by atoms with Crippen molar-refractivity contribution in [3.63, 3.8) is 0 Å². The van der Waals surface area contributed by atoms with Gasteiger partial charge in [0, 0.05) is 29.7 Å². The molecule has 3 aromatic rings. The Kier molecular flexibility index (Phi) is 4.87. The number of nitrogens with one attached hydrogen (secondary N) is 1. The Morgan fingerprint density at radius 3 is 2.43 bits per heavy atom. The summed E-state index contributed by atoms with van der Waals surface area (Å²) < 4.78 is 26.7. The van der Waals surface area contributed by atoms with Gasteiger partial charge in [-0.25, -0.2) is 8.42 Å². The number of nitrogens with zero attached hydrogens (tertiary/aromatic N) is 2. The molecule has 1 saturated heterocycles. The number of benzene rings is 2. The van der Waals surface area contributed by atoms with E-state index in [-0.39, 0.29) is 10.8 Å². The van der Waals surface area contributed by atoms with Gasteiger partial charge in [-0.15, -0.1) is 0 Å². The van der Waals surface area contributed by atoms with Crippen molar-refractivity contribution in [2.45, 2.75) is 24.7 Å². The second-order valence-electron chi connectivity index (χ2n) is 6.91. The summed E-state index contributed by atoms with van der Waals surface area (Å²) in [6, 6.07) is 15.5. The van der Waals surface area contributed by atoms with Crippen LogP contribution in [0.15, 0.2) is 59.5 Å².